The van der Waals surface area contributed by atoms with Crippen LogP contribution in [0.2, 0.25) is 5.02 Å². The maximum absolute atomic E-state index is 14.6. The molecule has 0 radical (unpaired) electrons. The predicted octanol–water partition coefficient (Wildman–Crippen LogP) is 5.55. The number of likely N-dealkylation sites (tertiary alicyclic amines) is 1. The molecule has 2 aromatic rings. The number of piperazine rings is 1. The third-order valence-corrected chi connectivity index (χ3v) is 10.7. The second-order valence-electron chi connectivity index (χ2n) is 12.4. The molecule has 1 aromatic heterocycles. The monoisotopic (exact) mass is 656 g/mol. The molecule has 3 amide bonds. The van der Waals surface area contributed by atoms with Crippen molar-refractivity contribution in [2.45, 2.75) is 89.3 Å². The van der Waals surface area contributed by atoms with Gasteiger partial charge in [0, 0.05) is 49.9 Å². The van der Waals surface area contributed by atoms with E-state index in [4.69, 9.17) is 16.3 Å². The Morgan fingerprint density at radius 3 is 2.40 bits per heavy atom. The Labute approximate surface area is 275 Å². The van der Waals surface area contributed by atoms with Crippen LogP contribution in [0, 0.1) is 5.92 Å². The van der Waals surface area contributed by atoms with Gasteiger partial charge in [-0.1, -0.05) is 56.0 Å². The van der Waals surface area contributed by atoms with Crippen molar-refractivity contribution in [3.63, 3.8) is 0 Å². The lowest BCUT2D eigenvalue weighted by atomic mass is 9.85. The minimum atomic E-state index is -0.776. The minimum Gasteiger partial charge on any atom is -0.409 e. The lowest BCUT2D eigenvalue weighted by molar-refractivity contribution is -0.146. The Hall–Kier alpha value is -2.95. The molecule has 244 valence electrons. The van der Waals surface area contributed by atoms with Gasteiger partial charge in [-0.2, -0.15) is 0 Å². The Balaban J connectivity index is 1.34. The summed E-state index contributed by atoms with van der Waals surface area (Å²) in [5, 5.41) is 6.06. The zero-order chi connectivity index (χ0) is 31.8. The number of nitrogens with zero attached hydrogens (tertiary/aromatic N) is 3. The van der Waals surface area contributed by atoms with Crippen LogP contribution in [0.3, 0.4) is 0 Å². The summed E-state index contributed by atoms with van der Waals surface area (Å²) in [5.74, 6) is 0.326. The van der Waals surface area contributed by atoms with E-state index >= 15 is 0 Å². The van der Waals surface area contributed by atoms with Gasteiger partial charge in [-0.3, -0.25) is 14.4 Å². The van der Waals surface area contributed by atoms with Gasteiger partial charge >= 0.3 is 6.09 Å². The maximum atomic E-state index is 14.6. The molecule has 1 aromatic carbocycles. The van der Waals surface area contributed by atoms with Crippen molar-refractivity contribution < 1.29 is 23.9 Å². The SMILES string of the molecule is CCC(=O)N1CCC([C@@H](NC2CCCCC2)C(=O)N2CCN(C(=O)Oc3ccccc3Cl)C[C@H]2C(=O)CCc2cccs2)CC1. The number of thiophene rings is 1. The fourth-order valence-corrected chi connectivity index (χ4v) is 7.74. The van der Waals surface area contributed by atoms with Crippen LogP contribution in [0.15, 0.2) is 41.8 Å². The van der Waals surface area contributed by atoms with E-state index in [0.717, 1.165) is 43.4 Å². The number of benzene rings is 1. The number of halogens is 1. The molecule has 0 spiro atoms. The number of ether oxygens (including phenoxy) is 1. The third-order valence-electron chi connectivity index (χ3n) is 9.48. The van der Waals surface area contributed by atoms with Crippen LogP contribution in [0.4, 0.5) is 4.79 Å². The van der Waals surface area contributed by atoms with Gasteiger partial charge in [0.05, 0.1) is 17.6 Å². The molecule has 3 aliphatic rings. The number of aryl methyl sites for hydroxylation is 1. The number of amides is 3. The number of hydrogen-bond acceptors (Lipinski definition) is 7. The Bertz CT molecular complexity index is 1310. The molecule has 11 heteroatoms. The van der Waals surface area contributed by atoms with Crippen LogP contribution in [-0.4, -0.2) is 89.2 Å². The number of para-hydroxylation sites is 1. The van der Waals surface area contributed by atoms with E-state index in [1.54, 1.807) is 40.5 Å². The fraction of sp³-hybridized carbons (Fsp3) is 0.588. The van der Waals surface area contributed by atoms with Gasteiger partial charge in [0.15, 0.2) is 11.5 Å². The first-order valence-corrected chi connectivity index (χ1v) is 17.7. The van der Waals surface area contributed by atoms with Crippen molar-refractivity contribution in [1.29, 1.82) is 0 Å². The van der Waals surface area contributed by atoms with Gasteiger partial charge in [0.2, 0.25) is 11.8 Å². The summed E-state index contributed by atoms with van der Waals surface area (Å²) in [6.07, 6.45) is 7.78. The molecule has 1 aliphatic carbocycles. The van der Waals surface area contributed by atoms with E-state index in [2.05, 4.69) is 5.32 Å². The molecule has 3 fully saturated rings. The highest BCUT2D eigenvalue weighted by molar-refractivity contribution is 7.09. The molecule has 1 N–H and O–H groups in total. The number of nitrogens with one attached hydrogen (secondary N) is 1. The molecule has 2 atom stereocenters. The lowest BCUT2D eigenvalue weighted by Crippen LogP contribution is -2.64. The average molecular weight is 657 g/mol. The molecule has 3 heterocycles. The summed E-state index contributed by atoms with van der Waals surface area (Å²) in [5.41, 5.74) is 0. The normalized spacial score (nSPS) is 20.6. The van der Waals surface area contributed by atoms with Crippen LogP contribution in [-0.2, 0) is 20.8 Å². The maximum Gasteiger partial charge on any atom is 0.415 e. The Morgan fingerprint density at radius 2 is 1.71 bits per heavy atom. The molecule has 0 unspecified atom stereocenters. The van der Waals surface area contributed by atoms with E-state index in [9.17, 15) is 19.2 Å². The zero-order valence-corrected chi connectivity index (χ0v) is 27.7. The first kappa shape index (κ1) is 33.4. The molecular formula is C34H45ClN4O5S. The van der Waals surface area contributed by atoms with Gasteiger partial charge in [0.1, 0.15) is 6.04 Å². The lowest BCUT2D eigenvalue weighted by Gasteiger charge is -2.44. The number of carbonyl (C=O) groups excluding carboxylic acids is 4. The number of hydrogen-bond donors (Lipinski definition) is 1. The topological polar surface area (TPSA) is 99.3 Å². The molecule has 1 saturated carbocycles. The van der Waals surface area contributed by atoms with Crippen molar-refractivity contribution >= 4 is 46.6 Å². The molecule has 45 heavy (non-hydrogen) atoms. The van der Waals surface area contributed by atoms with Crippen LogP contribution < -0.4 is 10.1 Å². The molecule has 9 nitrogen and oxygen atoms in total. The van der Waals surface area contributed by atoms with Crippen LogP contribution in [0.5, 0.6) is 5.75 Å². The van der Waals surface area contributed by atoms with Crippen molar-refractivity contribution in [2.24, 2.45) is 5.92 Å². The summed E-state index contributed by atoms with van der Waals surface area (Å²) >= 11 is 7.84. The predicted molar refractivity (Wildman–Crippen MR) is 176 cm³/mol. The summed E-state index contributed by atoms with van der Waals surface area (Å²) < 4.78 is 5.61. The van der Waals surface area contributed by atoms with Crippen molar-refractivity contribution in [3.8, 4) is 5.75 Å². The number of carbonyl (C=O) groups is 4. The van der Waals surface area contributed by atoms with Gasteiger partial charge in [0.25, 0.3) is 0 Å². The zero-order valence-electron chi connectivity index (χ0n) is 26.1. The van der Waals surface area contributed by atoms with E-state index in [1.165, 1.54) is 11.3 Å². The van der Waals surface area contributed by atoms with Crippen molar-refractivity contribution in [3.05, 3.63) is 51.7 Å². The summed E-state index contributed by atoms with van der Waals surface area (Å²) in [4.78, 5) is 60.3. The quantitative estimate of drug-likeness (QED) is 0.360. The number of Topliss-reactive ketones (excluding diaryl/α,β-unsaturated/α-hetero) is 1. The van der Waals surface area contributed by atoms with Gasteiger partial charge in [-0.25, -0.2) is 4.79 Å². The van der Waals surface area contributed by atoms with Crippen molar-refractivity contribution in [1.82, 2.24) is 20.0 Å². The molecule has 0 bridgehead atoms. The second-order valence-corrected chi connectivity index (χ2v) is 13.8. The minimum absolute atomic E-state index is 0.0606. The van der Waals surface area contributed by atoms with E-state index in [1.807, 2.05) is 29.3 Å². The number of rotatable bonds is 10. The van der Waals surface area contributed by atoms with Gasteiger partial charge < -0.3 is 24.8 Å². The molecule has 2 saturated heterocycles. The van der Waals surface area contributed by atoms with E-state index in [0.29, 0.717) is 31.0 Å². The summed E-state index contributed by atoms with van der Waals surface area (Å²) in [6.45, 7) is 3.71. The highest BCUT2D eigenvalue weighted by atomic mass is 35.5. The Kier molecular flexibility index (Phi) is 11.9. The first-order chi connectivity index (χ1) is 21.8. The summed E-state index contributed by atoms with van der Waals surface area (Å²) in [7, 11) is 0. The number of piperidine rings is 1. The number of ketones is 1. The molecule has 2 aliphatic heterocycles. The van der Waals surface area contributed by atoms with Gasteiger partial charge in [-0.05, 0) is 61.6 Å². The Morgan fingerprint density at radius 1 is 0.956 bits per heavy atom. The molecule has 5 rings (SSSR count). The van der Waals surface area contributed by atoms with Gasteiger partial charge in [-0.15, -0.1) is 11.3 Å². The second kappa shape index (κ2) is 16.1. The third kappa shape index (κ3) is 8.65. The van der Waals surface area contributed by atoms with Crippen molar-refractivity contribution in [2.75, 3.05) is 32.7 Å². The van der Waals surface area contributed by atoms with Crippen LogP contribution in [0.25, 0.3) is 0 Å². The largest absolute Gasteiger partial charge is 0.415 e. The van der Waals surface area contributed by atoms with E-state index < -0.39 is 18.2 Å². The average Bonchev–Trinajstić information content (AvgIpc) is 3.60. The highest BCUT2D eigenvalue weighted by Crippen LogP contribution is 2.29. The first-order valence-electron chi connectivity index (χ1n) is 16.4. The van der Waals surface area contributed by atoms with Crippen LogP contribution >= 0.6 is 22.9 Å². The summed E-state index contributed by atoms with van der Waals surface area (Å²) in [6, 6.07) is 9.79. The van der Waals surface area contributed by atoms with Crippen LogP contribution in [0.1, 0.15) is 69.6 Å². The molecular weight excluding hydrogens is 612 g/mol. The smallest absolute Gasteiger partial charge is 0.409 e. The standard InChI is InChI=1S/C34H45ClN4O5S/c1-2-31(41)37-18-16-24(17-19-37)32(36-25-9-4-3-5-10-25)33(42)39-21-20-38(34(43)44-30-13-7-6-12-27(30)35)23-28(39)29(40)15-14-26-11-8-22-45-26/h6-8,11-13,22,24-25,28,32,36H,2-5,9-10,14-21,23H2,1H3/t28-,32+/m0/s1. The highest BCUT2D eigenvalue weighted by Gasteiger charge is 2.43. The fourth-order valence-electron chi connectivity index (χ4n) is 6.86. The van der Waals surface area contributed by atoms with E-state index in [-0.39, 0.29) is 61.4 Å².